The number of para-hydroxylation sites is 1. The third-order valence-electron chi connectivity index (χ3n) is 3.30. The van der Waals surface area contributed by atoms with Gasteiger partial charge in [0.2, 0.25) is 0 Å². The number of fused-ring (bicyclic) bond motifs is 1. The van der Waals surface area contributed by atoms with Crippen LogP contribution in [0.5, 0.6) is 5.75 Å². The highest BCUT2D eigenvalue weighted by molar-refractivity contribution is 8.26. The van der Waals surface area contributed by atoms with Crippen LogP contribution < -0.4 is 4.74 Å². The van der Waals surface area contributed by atoms with E-state index in [0.29, 0.717) is 9.23 Å². The Morgan fingerprint density at radius 3 is 2.85 bits per heavy atom. The van der Waals surface area contributed by atoms with Gasteiger partial charge in [-0.1, -0.05) is 42.2 Å². The van der Waals surface area contributed by atoms with E-state index in [1.165, 1.54) is 16.7 Å². The zero-order valence-electron chi connectivity index (χ0n) is 11.1. The molecule has 1 saturated heterocycles. The van der Waals surface area contributed by atoms with Gasteiger partial charge in [0.25, 0.3) is 5.91 Å². The van der Waals surface area contributed by atoms with E-state index in [1.807, 2.05) is 37.3 Å². The maximum absolute atomic E-state index is 12.0. The fourth-order valence-corrected chi connectivity index (χ4v) is 3.30. The van der Waals surface area contributed by atoms with Crippen LogP contribution in [0.2, 0.25) is 0 Å². The molecule has 2 aliphatic heterocycles. The summed E-state index contributed by atoms with van der Waals surface area (Å²) < 4.78 is 6.45. The van der Waals surface area contributed by atoms with Crippen molar-refractivity contribution in [2.24, 2.45) is 0 Å². The highest BCUT2D eigenvalue weighted by atomic mass is 32.2. The molecule has 0 radical (unpaired) electrons. The lowest BCUT2D eigenvalue weighted by molar-refractivity contribution is -0.121. The topological polar surface area (TPSA) is 29.5 Å². The van der Waals surface area contributed by atoms with Gasteiger partial charge in [0.15, 0.2) is 0 Å². The first-order valence-corrected chi connectivity index (χ1v) is 7.47. The molecule has 0 N–H and O–H groups in total. The Kier molecular flexibility index (Phi) is 3.40. The SMILES string of the molecule is C[C@H]1Oc2ccccc2C=C1/C=C1/SC(=S)N(C)C1=O. The molecule has 0 bridgehead atoms. The van der Waals surface area contributed by atoms with Gasteiger partial charge in [-0.3, -0.25) is 9.69 Å². The van der Waals surface area contributed by atoms with Crippen molar-refractivity contribution in [3.05, 3.63) is 46.4 Å². The van der Waals surface area contributed by atoms with Gasteiger partial charge >= 0.3 is 0 Å². The van der Waals surface area contributed by atoms with Crippen LogP contribution in [-0.4, -0.2) is 28.3 Å². The van der Waals surface area contributed by atoms with Gasteiger partial charge in [0.1, 0.15) is 16.2 Å². The van der Waals surface area contributed by atoms with Gasteiger partial charge in [0.05, 0.1) is 4.91 Å². The Morgan fingerprint density at radius 2 is 2.15 bits per heavy atom. The van der Waals surface area contributed by atoms with Crippen molar-refractivity contribution < 1.29 is 9.53 Å². The summed E-state index contributed by atoms with van der Waals surface area (Å²) in [6.07, 6.45) is 3.86. The van der Waals surface area contributed by atoms with Crippen molar-refractivity contribution in [1.29, 1.82) is 0 Å². The molecule has 1 fully saturated rings. The molecule has 1 amide bonds. The summed E-state index contributed by atoms with van der Waals surface area (Å²) in [6.45, 7) is 1.98. The summed E-state index contributed by atoms with van der Waals surface area (Å²) in [7, 11) is 1.70. The molecule has 1 atom stereocenters. The van der Waals surface area contributed by atoms with Crippen molar-refractivity contribution in [2.45, 2.75) is 13.0 Å². The first kappa shape index (κ1) is 13.4. The number of carbonyl (C=O) groups is 1. The van der Waals surface area contributed by atoms with Gasteiger partial charge in [-0.05, 0) is 30.7 Å². The highest BCUT2D eigenvalue weighted by Crippen LogP contribution is 2.34. The molecule has 3 nitrogen and oxygen atoms in total. The second-order valence-electron chi connectivity index (χ2n) is 4.68. The lowest BCUT2D eigenvalue weighted by Crippen LogP contribution is -2.23. The van der Waals surface area contributed by atoms with Gasteiger partial charge in [-0.2, -0.15) is 0 Å². The molecule has 2 heterocycles. The molecule has 3 rings (SSSR count). The number of carbonyl (C=O) groups excluding carboxylic acids is 1. The van der Waals surface area contributed by atoms with Gasteiger partial charge < -0.3 is 4.74 Å². The molecule has 20 heavy (non-hydrogen) atoms. The van der Waals surface area contributed by atoms with Crippen LogP contribution in [0.4, 0.5) is 0 Å². The first-order chi connectivity index (χ1) is 9.56. The fourth-order valence-electron chi connectivity index (χ4n) is 2.12. The number of amides is 1. The van der Waals surface area contributed by atoms with Crippen molar-refractivity contribution in [1.82, 2.24) is 4.90 Å². The van der Waals surface area contributed by atoms with E-state index in [-0.39, 0.29) is 12.0 Å². The Balaban J connectivity index is 1.97. The second-order valence-corrected chi connectivity index (χ2v) is 6.36. The number of likely N-dealkylation sites (N-methyl/N-ethyl adjacent to an activating group) is 1. The predicted octanol–water partition coefficient (Wildman–Crippen LogP) is 3.22. The Labute approximate surface area is 127 Å². The summed E-state index contributed by atoms with van der Waals surface area (Å²) in [5.74, 6) is 0.826. The lowest BCUT2D eigenvalue weighted by Gasteiger charge is -2.22. The largest absolute Gasteiger partial charge is 0.485 e. The van der Waals surface area contributed by atoms with E-state index in [2.05, 4.69) is 6.08 Å². The summed E-state index contributed by atoms with van der Waals surface area (Å²) in [6, 6.07) is 7.87. The molecule has 0 spiro atoms. The number of ether oxygens (including phenoxy) is 1. The third kappa shape index (κ3) is 2.27. The quantitative estimate of drug-likeness (QED) is 0.588. The number of thiocarbonyl (C=S) groups is 1. The zero-order chi connectivity index (χ0) is 14.3. The molecular weight excluding hydrogens is 290 g/mol. The number of thioether (sulfide) groups is 1. The highest BCUT2D eigenvalue weighted by Gasteiger charge is 2.30. The minimum Gasteiger partial charge on any atom is -0.485 e. The molecule has 1 aromatic rings. The average molecular weight is 303 g/mol. The average Bonchev–Trinajstić information content (AvgIpc) is 2.67. The van der Waals surface area contributed by atoms with E-state index < -0.39 is 0 Å². The zero-order valence-corrected chi connectivity index (χ0v) is 12.8. The maximum atomic E-state index is 12.0. The monoisotopic (exact) mass is 303 g/mol. The summed E-state index contributed by atoms with van der Waals surface area (Å²) in [5.41, 5.74) is 2.02. The number of rotatable bonds is 1. The fraction of sp³-hybridized carbons (Fsp3) is 0.200. The minimum atomic E-state index is -0.0784. The Hall–Kier alpha value is -1.59. The van der Waals surface area contributed by atoms with Crippen LogP contribution in [0.15, 0.2) is 40.8 Å². The van der Waals surface area contributed by atoms with Gasteiger partial charge in [0, 0.05) is 12.6 Å². The van der Waals surface area contributed by atoms with E-state index in [4.69, 9.17) is 17.0 Å². The smallest absolute Gasteiger partial charge is 0.265 e. The molecule has 5 heteroatoms. The number of hydrogen-bond acceptors (Lipinski definition) is 4. The standard InChI is InChI=1S/C15H13NO2S2/c1-9-11(7-10-5-3-4-6-12(10)18-9)8-13-14(17)16(2)15(19)20-13/h3-9H,1-2H3/b13-8+/t9-/m1/s1. The molecule has 0 unspecified atom stereocenters. The number of benzene rings is 1. The number of nitrogens with zero attached hydrogens (tertiary/aromatic N) is 1. The van der Waals surface area contributed by atoms with E-state index in [0.717, 1.165) is 16.9 Å². The van der Waals surface area contributed by atoms with Crippen molar-refractivity contribution >= 4 is 40.3 Å². The van der Waals surface area contributed by atoms with Gasteiger partial charge in [-0.25, -0.2) is 0 Å². The summed E-state index contributed by atoms with van der Waals surface area (Å²) in [4.78, 5) is 14.2. The van der Waals surface area contributed by atoms with Crippen LogP contribution >= 0.6 is 24.0 Å². The third-order valence-corrected chi connectivity index (χ3v) is 4.78. The molecule has 102 valence electrons. The second kappa shape index (κ2) is 5.07. The Morgan fingerprint density at radius 1 is 1.40 bits per heavy atom. The van der Waals surface area contributed by atoms with Crippen molar-refractivity contribution in [3.8, 4) is 5.75 Å². The molecule has 2 aliphatic rings. The summed E-state index contributed by atoms with van der Waals surface area (Å²) >= 11 is 6.46. The van der Waals surface area contributed by atoms with E-state index in [9.17, 15) is 4.79 Å². The van der Waals surface area contributed by atoms with E-state index >= 15 is 0 Å². The Bertz CT molecular complexity index is 664. The van der Waals surface area contributed by atoms with Crippen LogP contribution in [-0.2, 0) is 4.79 Å². The van der Waals surface area contributed by atoms with Gasteiger partial charge in [-0.15, -0.1) is 0 Å². The normalized spacial score (nSPS) is 23.7. The van der Waals surface area contributed by atoms with Crippen LogP contribution in [0.25, 0.3) is 6.08 Å². The van der Waals surface area contributed by atoms with E-state index in [1.54, 1.807) is 7.05 Å². The molecule has 0 saturated carbocycles. The van der Waals surface area contributed by atoms with Crippen LogP contribution in [0, 0.1) is 0 Å². The molecule has 0 aliphatic carbocycles. The summed E-state index contributed by atoms with van der Waals surface area (Å²) in [5, 5.41) is 0. The predicted molar refractivity (Wildman–Crippen MR) is 85.6 cm³/mol. The lowest BCUT2D eigenvalue weighted by atomic mass is 10.0. The minimum absolute atomic E-state index is 0.0491. The van der Waals surface area contributed by atoms with Crippen LogP contribution in [0.3, 0.4) is 0 Å². The van der Waals surface area contributed by atoms with Crippen molar-refractivity contribution in [2.75, 3.05) is 7.05 Å². The van der Waals surface area contributed by atoms with Crippen molar-refractivity contribution in [3.63, 3.8) is 0 Å². The molecular formula is C15H13NO2S2. The maximum Gasteiger partial charge on any atom is 0.265 e. The first-order valence-electron chi connectivity index (χ1n) is 6.25. The number of hydrogen-bond donors (Lipinski definition) is 0. The molecule has 0 aromatic heterocycles. The molecule has 1 aromatic carbocycles. The van der Waals surface area contributed by atoms with Crippen LogP contribution in [0.1, 0.15) is 12.5 Å².